The lowest BCUT2D eigenvalue weighted by atomic mass is 9.78. The molecule has 0 saturated heterocycles. The van der Waals surface area contributed by atoms with Gasteiger partial charge in [-0.3, -0.25) is 0 Å². The summed E-state index contributed by atoms with van der Waals surface area (Å²) in [6.07, 6.45) is 4.70. The lowest BCUT2D eigenvalue weighted by Gasteiger charge is -2.34. The molecule has 1 fully saturated rings. The molecule has 54 valence electrons. The highest BCUT2D eigenvalue weighted by Crippen LogP contribution is 2.32. The van der Waals surface area contributed by atoms with Gasteiger partial charge in [-0.25, -0.2) is 0 Å². The average molecular weight is 128 g/mol. The first-order chi connectivity index (χ1) is 4.13. The quantitative estimate of drug-likeness (QED) is 0.528. The summed E-state index contributed by atoms with van der Waals surface area (Å²) in [7, 11) is 0. The van der Waals surface area contributed by atoms with Gasteiger partial charge in [-0.1, -0.05) is 19.8 Å². The van der Waals surface area contributed by atoms with E-state index in [9.17, 15) is 5.11 Å². The van der Waals surface area contributed by atoms with Crippen LogP contribution in [0.5, 0.6) is 0 Å². The van der Waals surface area contributed by atoms with Crippen LogP contribution in [0.15, 0.2) is 0 Å². The maximum Gasteiger partial charge on any atom is 0.0645 e. The molecule has 9 heavy (non-hydrogen) atoms. The molecule has 1 N–H and O–H groups in total. The van der Waals surface area contributed by atoms with E-state index in [1.165, 1.54) is 19.3 Å². The first-order valence-electron chi connectivity index (χ1n) is 3.85. The van der Waals surface area contributed by atoms with E-state index in [1.807, 2.05) is 6.92 Å². The highest BCUT2D eigenvalue weighted by molar-refractivity contribution is 4.82. The van der Waals surface area contributed by atoms with Crippen LogP contribution < -0.4 is 0 Å². The molecule has 0 amide bonds. The number of hydrogen-bond acceptors (Lipinski definition) is 1. The summed E-state index contributed by atoms with van der Waals surface area (Å²) >= 11 is 0. The van der Waals surface area contributed by atoms with Crippen molar-refractivity contribution in [1.82, 2.24) is 0 Å². The third kappa shape index (κ3) is 1.45. The standard InChI is InChI=1S/C8H16O/c1-7-5-3-4-6-8(7,2)9/h7,9H,3-6H2,1-2H3/t7-,8-/m0/s1. The molecule has 2 atom stereocenters. The Morgan fingerprint density at radius 3 is 2.44 bits per heavy atom. The van der Waals surface area contributed by atoms with E-state index in [-0.39, 0.29) is 5.60 Å². The molecule has 0 heterocycles. The van der Waals surface area contributed by atoms with Crippen LogP contribution in [-0.4, -0.2) is 10.7 Å². The highest BCUT2D eigenvalue weighted by Gasteiger charge is 2.30. The summed E-state index contributed by atoms with van der Waals surface area (Å²) in [4.78, 5) is 0. The summed E-state index contributed by atoms with van der Waals surface area (Å²) in [5.74, 6) is 0.506. The van der Waals surface area contributed by atoms with Gasteiger partial charge in [0.05, 0.1) is 5.60 Å². The molecular weight excluding hydrogens is 112 g/mol. The minimum Gasteiger partial charge on any atom is -0.390 e. The van der Waals surface area contributed by atoms with E-state index >= 15 is 0 Å². The molecule has 0 radical (unpaired) electrons. The van der Waals surface area contributed by atoms with Gasteiger partial charge in [0, 0.05) is 0 Å². The number of rotatable bonds is 0. The van der Waals surface area contributed by atoms with E-state index in [0.29, 0.717) is 5.92 Å². The van der Waals surface area contributed by atoms with Gasteiger partial charge in [0.2, 0.25) is 0 Å². The summed E-state index contributed by atoms with van der Waals surface area (Å²) in [6, 6.07) is 0. The largest absolute Gasteiger partial charge is 0.390 e. The Bertz CT molecular complexity index is 96.7. The van der Waals surface area contributed by atoms with E-state index < -0.39 is 0 Å². The molecule has 1 aliphatic carbocycles. The first-order valence-corrected chi connectivity index (χ1v) is 3.85. The van der Waals surface area contributed by atoms with Crippen LogP contribution in [0, 0.1) is 5.92 Å². The van der Waals surface area contributed by atoms with Crippen LogP contribution >= 0.6 is 0 Å². The molecule has 1 heteroatoms. The Kier molecular flexibility index (Phi) is 1.80. The Balaban J connectivity index is 2.49. The van der Waals surface area contributed by atoms with Gasteiger partial charge in [-0.05, 0) is 25.7 Å². The first kappa shape index (κ1) is 7.07. The van der Waals surface area contributed by atoms with E-state index in [2.05, 4.69) is 6.92 Å². The normalized spacial score (nSPS) is 45.0. The molecule has 0 aromatic heterocycles. The van der Waals surface area contributed by atoms with Crippen LogP contribution in [0.2, 0.25) is 0 Å². The Morgan fingerprint density at radius 1 is 1.44 bits per heavy atom. The zero-order valence-electron chi connectivity index (χ0n) is 6.35. The second-order valence-corrected chi connectivity index (χ2v) is 3.50. The van der Waals surface area contributed by atoms with Crippen molar-refractivity contribution in [2.45, 2.75) is 45.1 Å². The van der Waals surface area contributed by atoms with Crippen LogP contribution in [0.1, 0.15) is 39.5 Å². The van der Waals surface area contributed by atoms with E-state index in [4.69, 9.17) is 0 Å². The van der Waals surface area contributed by atoms with Crippen molar-refractivity contribution in [3.8, 4) is 0 Å². The third-order valence-corrected chi connectivity index (χ3v) is 2.63. The maximum absolute atomic E-state index is 9.64. The molecule has 1 aliphatic rings. The van der Waals surface area contributed by atoms with Gasteiger partial charge in [-0.2, -0.15) is 0 Å². The number of aliphatic hydroxyl groups is 1. The molecular formula is C8H16O. The topological polar surface area (TPSA) is 20.2 Å². The van der Waals surface area contributed by atoms with Crippen molar-refractivity contribution in [2.75, 3.05) is 0 Å². The zero-order chi connectivity index (χ0) is 6.91. The molecule has 0 bridgehead atoms. The summed E-state index contributed by atoms with van der Waals surface area (Å²) in [6.45, 7) is 4.09. The van der Waals surface area contributed by atoms with Gasteiger partial charge < -0.3 is 5.11 Å². The van der Waals surface area contributed by atoms with Gasteiger partial charge in [0.1, 0.15) is 0 Å². The summed E-state index contributed by atoms with van der Waals surface area (Å²) in [5, 5.41) is 9.64. The van der Waals surface area contributed by atoms with Crippen molar-refractivity contribution in [2.24, 2.45) is 5.92 Å². The number of hydrogen-bond donors (Lipinski definition) is 1. The molecule has 0 aromatic rings. The molecule has 1 rings (SSSR count). The van der Waals surface area contributed by atoms with E-state index in [1.54, 1.807) is 0 Å². The Labute approximate surface area is 57.1 Å². The van der Waals surface area contributed by atoms with Crippen molar-refractivity contribution < 1.29 is 5.11 Å². The third-order valence-electron chi connectivity index (χ3n) is 2.63. The second kappa shape index (κ2) is 2.30. The molecule has 0 unspecified atom stereocenters. The molecule has 1 saturated carbocycles. The lowest BCUT2D eigenvalue weighted by Crippen LogP contribution is -2.35. The van der Waals surface area contributed by atoms with Gasteiger partial charge in [0.25, 0.3) is 0 Å². The van der Waals surface area contributed by atoms with Gasteiger partial charge in [0.15, 0.2) is 0 Å². The van der Waals surface area contributed by atoms with E-state index in [0.717, 1.165) is 6.42 Å². The van der Waals surface area contributed by atoms with Crippen LogP contribution in [0.3, 0.4) is 0 Å². The molecule has 1 nitrogen and oxygen atoms in total. The lowest BCUT2D eigenvalue weighted by molar-refractivity contribution is -0.0239. The second-order valence-electron chi connectivity index (χ2n) is 3.50. The van der Waals surface area contributed by atoms with Gasteiger partial charge >= 0.3 is 0 Å². The van der Waals surface area contributed by atoms with Crippen molar-refractivity contribution in [1.29, 1.82) is 0 Å². The van der Waals surface area contributed by atoms with Crippen LogP contribution in [0.4, 0.5) is 0 Å². The highest BCUT2D eigenvalue weighted by atomic mass is 16.3. The molecule has 0 spiro atoms. The zero-order valence-corrected chi connectivity index (χ0v) is 6.35. The predicted molar refractivity (Wildman–Crippen MR) is 38.3 cm³/mol. The Hall–Kier alpha value is -0.0400. The SMILES string of the molecule is C[C@H]1CCCC[C@]1(C)O. The van der Waals surface area contributed by atoms with Crippen LogP contribution in [0.25, 0.3) is 0 Å². The summed E-state index contributed by atoms with van der Waals surface area (Å²) < 4.78 is 0. The predicted octanol–water partition coefficient (Wildman–Crippen LogP) is 1.95. The fraction of sp³-hybridized carbons (Fsp3) is 1.00. The van der Waals surface area contributed by atoms with Gasteiger partial charge in [-0.15, -0.1) is 0 Å². The minimum absolute atomic E-state index is 0.363. The van der Waals surface area contributed by atoms with Crippen LogP contribution in [-0.2, 0) is 0 Å². The molecule has 0 aromatic carbocycles. The van der Waals surface area contributed by atoms with Crippen molar-refractivity contribution >= 4 is 0 Å². The average Bonchev–Trinajstić information content (AvgIpc) is 1.77. The van der Waals surface area contributed by atoms with Crippen molar-refractivity contribution in [3.05, 3.63) is 0 Å². The monoisotopic (exact) mass is 128 g/mol. The smallest absolute Gasteiger partial charge is 0.0645 e. The summed E-state index contributed by atoms with van der Waals surface area (Å²) in [5.41, 5.74) is -0.363. The maximum atomic E-state index is 9.64. The Morgan fingerprint density at radius 2 is 2.11 bits per heavy atom. The fourth-order valence-electron chi connectivity index (χ4n) is 1.49. The molecule has 0 aliphatic heterocycles. The van der Waals surface area contributed by atoms with Crippen molar-refractivity contribution in [3.63, 3.8) is 0 Å². The minimum atomic E-state index is -0.363. The fourth-order valence-corrected chi connectivity index (χ4v) is 1.49.